The van der Waals surface area contributed by atoms with Gasteiger partial charge in [0.05, 0.1) is 25.9 Å². The molecule has 5 heteroatoms. The van der Waals surface area contributed by atoms with Gasteiger partial charge in [-0.3, -0.25) is 4.90 Å². The van der Waals surface area contributed by atoms with Crippen molar-refractivity contribution in [1.82, 2.24) is 4.90 Å². The Morgan fingerprint density at radius 3 is 2.89 bits per heavy atom. The Hall–Kier alpha value is -1.38. The van der Waals surface area contributed by atoms with Crippen molar-refractivity contribution in [3.8, 4) is 6.07 Å². The van der Waals surface area contributed by atoms with Gasteiger partial charge in [-0.1, -0.05) is 6.08 Å². The van der Waals surface area contributed by atoms with Crippen LogP contribution in [0.2, 0.25) is 0 Å². The third kappa shape index (κ3) is 6.37. The van der Waals surface area contributed by atoms with Crippen molar-refractivity contribution in [2.75, 3.05) is 32.9 Å². The van der Waals surface area contributed by atoms with Gasteiger partial charge in [0.15, 0.2) is 0 Å². The van der Waals surface area contributed by atoms with Crippen molar-refractivity contribution in [2.24, 2.45) is 0 Å². The standard InChI is InChI=1S/C14H22N2O3/c1-2-19-14(17)7-6-13(5-3-4-8-15)16-9-11-18-12-10-16/h6-7,13H,2-5,9-12H2,1H3/b7-6+. The predicted molar refractivity (Wildman–Crippen MR) is 71.4 cm³/mol. The number of nitriles is 1. The van der Waals surface area contributed by atoms with Gasteiger partial charge in [0.1, 0.15) is 0 Å². The number of carbonyl (C=O) groups is 1. The highest BCUT2D eigenvalue weighted by Crippen LogP contribution is 2.12. The Morgan fingerprint density at radius 1 is 1.53 bits per heavy atom. The molecule has 1 unspecified atom stereocenters. The maximum absolute atomic E-state index is 11.4. The molecule has 0 spiro atoms. The van der Waals surface area contributed by atoms with Crippen LogP contribution in [0.5, 0.6) is 0 Å². The molecule has 1 aliphatic heterocycles. The summed E-state index contributed by atoms with van der Waals surface area (Å²) in [7, 11) is 0. The number of hydrogen-bond donors (Lipinski definition) is 0. The zero-order chi connectivity index (χ0) is 13.9. The van der Waals surface area contributed by atoms with E-state index in [1.165, 1.54) is 6.08 Å². The lowest BCUT2D eigenvalue weighted by atomic mass is 10.1. The summed E-state index contributed by atoms with van der Waals surface area (Å²) in [6.45, 7) is 5.36. The molecular formula is C14H22N2O3. The molecule has 19 heavy (non-hydrogen) atoms. The molecule has 0 bridgehead atoms. The lowest BCUT2D eigenvalue weighted by Gasteiger charge is -2.32. The molecule has 1 atom stereocenters. The van der Waals surface area contributed by atoms with E-state index in [1.54, 1.807) is 6.92 Å². The second-order valence-electron chi connectivity index (χ2n) is 4.38. The lowest BCUT2D eigenvalue weighted by molar-refractivity contribution is -0.137. The van der Waals surface area contributed by atoms with E-state index in [-0.39, 0.29) is 12.0 Å². The Labute approximate surface area is 114 Å². The van der Waals surface area contributed by atoms with E-state index in [9.17, 15) is 4.79 Å². The first-order valence-corrected chi connectivity index (χ1v) is 6.81. The Bertz CT molecular complexity index is 330. The molecule has 0 saturated carbocycles. The van der Waals surface area contributed by atoms with Gasteiger partial charge in [0, 0.05) is 31.6 Å². The lowest BCUT2D eigenvalue weighted by Crippen LogP contribution is -2.42. The van der Waals surface area contributed by atoms with Crippen LogP contribution in [0, 0.1) is 11.3 Å². The molecule has 106 valence electrons. The number of ether oxygens (including phenoxy) is 2. The summed E-state index contributed by atoms with van der Waals surface area (Å²) in [6.07, 6.45) is 5.65. The highest BCUT2D eigenvalue weighted by molar-refractivity contribution is 5.81. The average molecular weight is 266 g/mol. The Morgan fingerprint density at radius 2 is 2.26 bits per heavy atom. The van der Waals surface area contributed by atoms with E-state index >= 15 is 0 Å². The first-order valence-electron chi connectivity index (χ1n) is 6.81. The predicted octanol–water partition coefficient (Wildman–Crippen LogP) is 1.50. The number of morpholine rings is 1. The molecule has 5 nitrogen and oxygen atoms in total. The van der Waals surface area contributed by atoms with Crippen molar-refractivity contribution < 1.29 is 14.3 Å². The highest BCUT2D eigenvalue weighted by atomic mass is 16.5. The van der Waals surface area contributed by atoms with Gasteiger partial charge in [-0.15, -0.1) is 0 Å². The number of nitrogens with zero attached hydrogens (tertiary/aromatic N) is 2. The van der Waals surface area contributed by atoms with Gasteiger partial charge in [-0.25, -0.2) is 4.79 Å². The Balaban J connectivity index is 2.52. The Kier molecular flexibility index (Phi) is 7.87. The smallest absolute Gasteiger partial charge is 0.330 e. The number of hydrogen-bond acceptors (Lipinski definition) is 5. The SMILES string of the molecule is CCOC(=O)/C=C/C(CCCC#N)N1CCOCC1. The van der Waals surface area contributed by atoms with Crippen LogP contribution in [0.1, 0.15) is 26.2 Å². The van der Waals surface area contributed by atoms with Crippen LogP contribution in [0.4, 0.5) is 0 Å². The molecule has 0 N–H and O–H groups in total. The maximum atomic E-state index is 11.4. The van der Waals surface area contributed by atoms with Crippen molar-refractivity contribution in [1.29, 1.82) is 5.26 Å². The topological polar surface area (TPSA) is 62.6 Å². The van der Waals surface area contributed by atoms with E-state index in [4.69, 9.17) is 14.7 Å². The number of esters is 1. The minimum Gasteiger partial charge on any atom is -0.463 e. The van der Waals surface area contributed by atoms with Gasteiger partial charge in [0.2, 0.25) is 0 Å². The zero-order valence-electron chi connectivity index (χ0n) is 11.5. The van der Waals surface area contributed by atoms with Crippen molar-refractivity contribution >= 4 is 5.97 Å². The molecule has 1 heterocycles. The molecule has 0 aromatic rings. The number of unbranched alkanes of at least 4 members (excludes halogenated alkanes) is 1. The monoisotopic (exact) mass is 266 g/mol. The molecule has 1 saturated heterocycles. The summed E-state index contributed by atoms with van der Waals surface area (Å²) in [5, 5.41) is 8.60. The zero-order valence-corrected chi connectivity index (χ0v) is 11.5. The van der Waals surface area contributed by atoms with E-state index in [1.807, 2.05) is 6.08 Å². The third-order valence-electron chi connectivity index (χ3n) is 3.04. The van der Waals surface area contributed by atoms with Crippen LogP contribution in [0.15, 0.2) is 12.2 Å². The summed E-state index contributed by atoms with van der Waals surface area (Å²) < 4.78 is 10.2. The maximum Gasteiger partial charge on any atom is 0.330 e. The minimum absolute atomic E-state index is 0.182. The van der Waals surface area contributed by atoms with Gasteiger partial charge in [-0.2, -0.15) is 5.26 Å². The summed E-state index contributed by atoms with van der Waals surface area (Å²) >= 11 is 0. The van der Waals surface area contributed by atoms with Gasteiger partial charge >= 0.3 is 5.97 Å². The first kappa shape index (κ1) is 15.7. The second-order valence-corrected chi connectivity index (χ2v) is 4.38. The second kappa shape index (κ2) is 9.54. The van der Waals surface area contributed by atoms with E-state index in [0.717, 1.165) is 39.1 Å². The van der Waals surface area contributed by atoms with Gasteiger partial charge in [-0.05, 0) is 19.8 Å². The summed E-state index contributed by atoms with van der Waals surface area (Å²) in [4.78, 5) is 13.6. The van der Waals surface area contributed by atoms with Crippen LogP contribution >= 0.6 is 0 Å². The molecule has 1 fully saturated rings. The van der Waals surface area contributed by atoms with Gasteiger partial charge in [0.25, 0.3) is 0 Å². The van der Waals surface area contributed by atoms with Crippen molar-refractivity contribution in [3.05, 3.63) is 12.2 Å². The summed E-state index contributed by atoms with van der Waals surface area (Å²) in [5.41, 5.74) is 0. The van der Waals surface area contributed by atoms with Crippen molar-refractivity contribution in [3.63, 3.8) is 0 Å². The largest absolute Gasteiger partial charge is 0.463 e. The molecule has 0 aromatic heterocycles. The van der Waals surface area contributed by atoms with Crippen LogP contribution in [0.3, 0.4) is 0 Å². The summed E-state index contributed by atoms with van der Waals surface area (Å²) in [6, 6.07) is 2.33. The molecule has 0 amide bonds. The van der Waals surface area contributed by atoms with E-state index in [2.05, 4.69) is 11.0 Å². The third-order valence-corrected chi connectivity index (χ3v) is 3.04. The van der Waals surface area contributed by atoms with E-state index < -0.39 is 0 Å². The van der Waals surface area contributed by atoms with Crippen LogP contribution in [-0.4, -0.2) is 49.8 Å². The number of carbonyl (C=O) groups excluding carboxylic acids is 1. The first-order chi connectivity index (χ1) is 9.27. The van der Waals surface area contributed by atoms with Crippen LogP contribution in [-0.2, 0) is 14.3 Å². The molecule has 0 aliphatic carbocycles. The molecule has 1 aliphatic rings. The van der Waals surface area contributed by atoms with Crippen molar-refractivity contribution in [2.45, 2.75) is 32.2 Å². The number of rotatable bonds is 7. The normalized spacial score (nSPS) is 18.1. The molecule has 0 aromatic carbocycles. The fraction of sp³-hybridized carbons (Fsp3) is 0.714. The molecule has 1 rings (SSSR count). The fourth-order valence-corrected chi connectivity index (χ4v) is 2.08. The quantitative estimate of drug-likeness (QED) is 0.397. The minimum atomic E-state index is -0.305. The highest BCUT2D eigenvalue weighted by Gasteiger charge is 2.18. The van der Waals surface area contributed by atoms with Crippen LogP contribution in [0.25, 0.3) is 0 Å². The van der Waals surface area contributed by atoms with Gasteiger partial charge < -0.3 is 9.47 Å². The molecule has 0 radical (unpaired) electrons. The van der Waals surface area contributed by atoms with E-state index in [0.29, 0.717) is 13.0 Å². The molecular weight excluding hydrogens is 244 g/mol. The van der Waals surface area contributed by atoms with Crippen LogP contribution < -0.4 is 0 Å². The fourth-order valence-electron chi connectivity index (χ4n) is 2.08. The average Bonchev–Trinajstić information content (AvgIpc) is 2.44. The summed E-state index contributed by atoms with van der Waals surface area (Å²) in [5.74, 6) is -0.305.